The van der Waals surface area contributed by atoms with Gasteiger partial charge in [0, 0.05) is 12.1 Å². The number of nitrogens with zero attached hydrogens (tertiary/aromatic N) is 4. The minimum absolute atomic E-state index is 0.215. The average molecular weight is 302 g/mol. The maximum atomic E-state index is 12.8. The zero-order valence-corrected chi connectivity index (χ0v) is 12.8. The average Bonchev–Trinajstić information content (AvgIpc) is 3.18. The van der Waals surface area contributed by atoms with Crippen LogP contribution in [0, 0.1) is 6.92 Å². The molecular weight excluding hydrogens is 284 g/mol. The van der Waals surface area contributed by atoms with E-state index in [9.17, 15) is 4.79 Å². The van der Waals surface area contributed by atoms with Crippen molar-refractivity contribution in [2.75, 3.05) is 0 Å². The highest BCUT2D eigenvalue weighted by atomic mass is 32.1. The Balaban J connectivity index is 1.55. The van der Waals surface area contributed by atoms with Crippen LogP contribution in [0.3, 0.4) is 0 Å². The molecule has 110 valence electrons. The second-order valence-electron chi connectivity index (χ2n) is 6.06. The fourth-order valence-corrected chi connectivity index (χ4v) is 4.59. The number of rotatable bonds is 2. The van der Waals surface area contributed by atoms with E-state index in [0.717, 1.165) is 30.6 Å². The highest BCUT2D eigenvalue weighted by molar-refractivity contribution is 7.12. The third-order valence-electron chi connectivity index (χ3n) is 4.65. The molecule has 2 aromatic rings. The number of carbonyl (C=O) groups excluding carboxylic acids is 1. The van der Waals surface area contributed by atoms with Crippen LogP contribution in [0.25, 0.3) is 0 Å². The molecule has 0 N–H and O–H groups in total. The molecular formula is C15H18N4OS. The third kappa shape index (κ3) is 2.18. The predicted octanol–water partition coefficient (Wildman–Crippen LogP) is 2.66. The molecule has 2 fully saturated rings. The summed E-state index contributed by atoms with van der Waals surface area (Å²) >= 11 is 1.56. The van der Waals surface area contributed by atoms with Crippen LogP contribution >= 0.6 is 11.3 Å². The largest absolute Gasteiger partial charge is 0.332 e. The van der Waals surface area contributed by atoms with Crippen LogP contribution in [0.15, 0.2) is 23.8 Å². The van der Waals surface area contributed by atoms with Crippen molar-refractivity contribution in [3.05, 3.63) is 34.3 Å². The number of amides is 1. The van der Waals surface area contributed by atoms with Crippen LogP contribution < -0.4 is 0 Å². The van der Waals surface area contributed by atoms with E-state index in [1.54, 1.807) is 23.7 Å². The number of fused-ring (bicyclic) bond motifs is 2. The number of aryl methyl sites for hydroxylation is 1. The zero-order valence-electron chi connectivity index (χ0n) is 12.0. The second-order valence-corrected chi connectivity index (χ2v) is 6.97. The van der Waals surface area contributed by atoms with E-state index in [1.165, 1.54) is 5.56 Å². The molecule has 1 amide bonds. The first-order valence-corrected chi connectivity index (χ1v) is 8.34. The van der Waals surface area contributed by atoms with E-state index in [0.29, 0.717) is 18.1 Å². The normalized spacial score (nSPS) is 28.0. The molecule has 4 rings (SSSR count). The van der Waals surface area contributed by atoms with Gasteiger partial charge in [0.05, 0.1) is 23.3 Å². The van der Waals surface area contributed by atoms with Crippen molar-refractivity contribution >= 4 is 17.2 Å². The Morgan fingerprint density at radius 2 is 1.86 bits per heavy atom. The van der Waals surface area contributed by atoms with Gasteiger partial charge in [0.2, 0.25) is 0 Å². The number of carbonyl (C=O) groups is 1. The monoisotopic (exact) mass is 302 g/mol. The molecule has 2 saturated heterocycles. The highest BCUT2D eigenvalue weighted by Crippen LogP contribution is 2.41. The minimum Gasteiger partial charge on any atom is -0.332 e. The molecule has 2 unspecified atom stereocenters. The van der Waals surface area contributed by atoms with Gasteiger partial charge in [-0.05, 0) is 49.6 Å². The SMILES string of the molecule is Cc1csc(C(=O)N2C3CCC2CC(n2nccn2)C3)c1. The maximum Gasteiger partial charge on any atom is 0.264 e. The summed E-state index contributed by atoms with van der Waals surface area (Å²) in [5, 5.41) is 10.6. The zero-order chi connectivity index (χ0) is 14.4. The molecule has 5 nitrogen and oxygen atoms in total. The van der Waals surface area contributed by atoms with E-state index in [2.05, 4.69) is 20.5 Å². The van der Waals surface area contributed by atoms with Gasteiger partial charge in [-0.15, -0.1) is 11.3 Å². The maximum absolute atomic E-state index is 12.8. The van der Waals surface area contributed by atoms with Crippen molar-refractivity contribution < 1.29 is 4.79 Å². The smallest absolute Gasteiger partial charge is 0.264 e. The summed E-state index contributed by atoms with van der Waals surface area (Å²) in [5.74, 6) is 0.215. The Hall–Kier alpha value is -1.69. The summed E-state index contributed by atoms with van der Waals surface area (Å²) in [6.07, 6.45) is 7.63. The number of hydrogen-bond donors (Lipinski definition) is 0. The molecule has 4 heterocycles. The van der Waals surface area contributed by atoms with E-state index < -0.39 is 0 Å². The quantitative estimate of drug-likeness (QED) is 0.857. The summed E-state index contributed by atoms with van der Waals surface area (Å²) < 4.78 is 0. The first-order valence-electron chi connectivity index (χ1n) is 7.46. The van der Waals surface area contributed by atoms with Crippen molar-refractivity contribution in [2.24, 2.45) is 0 Å². The van der Waals surface area contributed by atoms with Gasteiger partial charge in [-0.3, -0.25) is 4.79 Å². The second kappa shape index (κ2) is 4.94. The first kappa shape index (κ1) is 13.0. The number of thiophene rings is 1. The Labute approximate surface area is 127 Å². The summed E-state index contributed by atoms with van der Waals surface area (Å²) in [4.78, 5) is 17.6. The summed E-state index contributed by atoms with van der Waals surface area (Å²) in [6, 6.07) is 3.03. The van der Waals surface area contributed by atoms with E-state index >= 15 is 0 Å². The van der Waals surface area contributed by atoms with Crippen molar-refractivity contribution in [3.63, 3.8) is 0 Å². The third-order valence-corrected chi connectivity index (χ3v) is 5.68. The van der Waals surface area contributed by atoms with Gasteiger partial charge < -0.3 is 4.90 Å². The summed E-state index contributed by atoms with van der Waals surface area (Å²) in [5.41, 5.74) is 1.17. The number of hydrogen-bond acceptors (Lipinski definition) is 4. The molecule has 0 radical (unpaired) electrons. The molecule has 0 aromatic carbocycles. The Bertz CT molecular complexity index is 636. The molecule has 2 aliphatic heterocycles. The predicted molar refractivity (Wildman–Crippen MR) is 80.3 cm³/mol. The van der Waals surface area contributed by atoms with Gasteiger partial charge in [-0.25, -0.2) is 0 Å². The Kier molecular flexibility index (Phi) is 3.06. The van der Waals surface area contributed by atoms with Gasteiger partial charge >= 0.3 is 0 Å². The summed E-state index contributed by atoms with van der Waals surface area (Å²) in [6.45, 7) is 2.04. The van der Waals surface area contributed by atoms with Crippen LogP contribution in [-0.2, 0) is 0 Å². The van der Waals surface area contributed by atoms with Crippen LogP contribution in [0.1, 0.15) is 47.0 Å². The van der Waals surface area contributed by atoms with E-state index in [4.69, 9.17) is 0 Å². The van der Waals surface area contributed by atoms with Gasteiger partial charge in [-0.2, -0.15) is 15.0 Å². The first-order chi connectivity index (χ1) is 10.2. The van der Waals surface area contributed by atoms with Crippen LogP contribution in [0.4, 0.5) is 0 Å². The molecule has 0 spiro atoms. The van der Waals surface area contributed by atoms with Gasteiger partial charge in [0.15, 0.2) is 0 Å². The molecule has 21 heavy (non-hydrogen) atoms. The molecule has 2 aromatic heterocycles. The Morgan fingerprint density at radius 3 is 2.43 bits per heavy atom. The lowest BCUT2D eigenvalue weighted by atomic mass is 9.97. The lowest BCUT2D eigenvalue weighted by Gasteiger charge is -2.38. The van der Waals surface area contributed by atoms with Gasteiger partial charge in [0.25, 0.3) is 5.91 Å². The molecule has 0 aliphatic carbocycles. The fraction of sp³-hybridized carbons (Fsp3) is 0.533. The molecule has 0 saturated carbocycles. The number of piperidine rings is 1. The highest BCUT2D eigenvalue weighted by Gasteiger charge is 2.44. The lowest BCUT2D eigenvalue weighted by molar-refractivity contribution is 0.0517. The van der Waals surface area contributed by atoms with E-state index in [1.807, 2.05) is 17.8 Å². The Morgan fingerprint density at radius 1 is 1.19 bits per heavy atom. The molecule has 6 heteroatoms. The topological polar surface area (TPSA) is 51.0 Å². The van der Waals surface area contributed by atoms with Crippen molar-refractivity contribution in [3.8, 4) is 0 Å². The van der Waals surface area contributed by atoms with E-state index in [-0.39, 0.29) is 5.91 Å². The van der Waals surface area contributed by atoms with Gasteiger partial charge in [-0.1, -0.05) is 0 Å². The van der Waals surface area contributed by atoms with Gasteiger partial charge in [0.1, 0.15) is 0 Å². The minimum atomic E-state index is 0.215. The van der Waals surface area contributed by atoms with Crippen LogP contribution in [-0.4, -0.2) is 37.9 Å². The van der Waals surface area contributed by atoms with Crippen LogP contribution in [0.2, 0.25) is 0 Å². The van der Waals surface area contributed by atoms with Crippen molar-refractivity contribution in [1.82, 2.24) is 19.9 Å². The van der Waals surface area contributed by atoms with Crippen molar-refractivity contribution in [2.45, 2.75) is 50.7 Å². The fourth-order valence-electron chi connectivity index (χ4n) is 3.75. The van der Waals surface area contributed by atoms with Crippen LogP contribution in [0.5, 0.6) is 0 Å². The summed E-state index contributed by atoms with van der Waals surface area (Å²) in [7, 11) is 0. The molecule has 2 bridgehead atoms. The lowest BCUT2D eigenvalue weighted by Crippen LogP contribution is -2.47. The standard InChI is InChI=1S/C15H18N4OS/c1-10-6-14(21-9-10)15(20)18-11-2-3-12(18)8-13(7-11)19-16-4-5-17-19/h4-6,9,11-13H,2-3,7-8H2,1H3. The molecule has 2 aliphatic rings. The molecule has 2 atom stereocenters. The number of aromatic nitrogens is 3. The van der Waals surface area contributed by atoms with Crippen molar-refractivity contribution in [1.29, 1.82) is 0 Å².